The average molecular weight is 237 g/mol. The Kier molecular flexibility index (Phi) is 3.33. The van der Waals surface area contributed by atoms with E-state index in [9.17, 15) is 0 Å². The maximum Gasteiger partial charge on any atom is 0.124 e. The number of aryl methyl sites for hydroxylation is 1. The number of hydrogen-bond donors (Lipinski definition) is 0. The lowest BCUT2D eigenvalue weighted by Crippen LogP contribution is -2.26. The van der Waals surface area contributed by atoms with E-state index in [2.05, 4.69) is 37.8 Å². The summed E-state index contributed by atoms with van der Waals surface area (Å²) < 4.78 is 5.65. The molecule has 2 nitrogen and oxygen atoms in total. The Bertz CT molecular complexity index is 392. The first-order chi connectivity index (χ1) is 7.67. The van der Waals surface area contributed by atoms with Crippen LogP contribution >= 0.6 is 11.8 Å². The molecule has 0 saturated heterocycles. The van der Waals surface area contributed by atoms with Gasteiger partial charge in [-0.3, -0.25) is 0 Å². The smallest absolute Gasteiger partial charge is 0.124 e. The number of hydrogen-bond acceptors (Lipinski definition) is 3. The largest absolute Gasteiger partial charge is 0.494 e. The van der Waals surface area contributed by atoms with Gasteiger partial charge < -0.3 is 9.64 Å². The van der Waals surface area contributed by atoms with Crippen molar-refractivity contribution in [3.63, 3.8) is 0 Å². The highest BCUT2D eigenvalue weighted by Crippen LogP contribution is 2.45. The Labute approximate surface area is 102 Å². The summed E-state index contributed by atoms with van der Waals surface area (Å²) in [5.41, 5.74) is 2.56. The molecule has 1 atom stereocenters. The quantitative estimate of drug-likeness (QED) is 0.796. The van der Waals surface area contributed by atoms with Crippen LogP contribution in [0.1, 0.15) is 26.3 Å². The van der Waals surface area contributed by atoms with Gasteiger partial charge in [0.25, 0.3) is 0 Å². The molecule has 1 heterocycles. The lowest BCUT2D eigenvalue weighted by atomic mass is 10.2. The zero-order valence-electron chi connectivity index (χ0n) is 10.4. The molecule has 0 aliphatic carbocycles. The molecule has 1 aliphatic rings. The Morgan fingerprint density at radius 3 is 2.75 bits per heavy atom. The van der Waals surface area contributed by atoms with E-state index < -0.39 is 0 Å². The van der Waals surface area contributed by atoms with Crippen LogP contribution in [0, 0.1) is 6.92 Å². The summed E-state index contributed by atoms with van der Waals surface area (Å²) in [5, 5.41) is 0.538. The highest BCUT2D eigenvalue weighted by atomic mass is 32.2. The van der Waals surface area contributed by atoms with Crippen LogP contribution in [0.5, 0.6) is 5.75 Å². The molecule has 1 aromatic carbocycles. The normalized spacial score (nSPS) is 18.8. The second-order valence-corrected chi connectivity index (χ2v) is 5.38. The van der Waals surface area contributed by atoms with Crippen LogP contribution in [-0.2, 0) is 0 Å². The van der Waals surface area contributed by atoms with Crippen molar-refractivity contribution in [2.75, 3.05) is 18.1 Å². The third-order valence-corrected chi connectivity index (χ3v) is 4.12. The van der Waals surface area contributed by atoms with Crippen molar-refractivity contribution in [3.05, 3.63) is 17.7 Å². The van der Waals surface area contributed by atoms with Gasteiger partial charge >= 0.3 is 0 Å². The fourth-order valence-electron chi connectivity index (χ4n) is 2.15. The maximum atomic E-state index is 5.65. The first-order valence-electron chi connectivity index (χ1n) is 5.88. The lowest BCUT2D eigenvalue weighted by molar-refractivity contribution is 0.337. The van der Waals surface area contributed by atoms with Crippen molar-refractivity contribution in [2.24, 2.45) is 0 Å². The van der Waals surface area contributed by atoms with Gasteiger partial charge in [0.2, 0.25) is 0 Å². The average Bonchev–Trinajstić information content (AvgIpc) is 2.54. The second kappa shape index (κ2) is 4.58. The number of thioether (sulfide) groups is 1. The molecule has 1 aliphatic heterocycles. The topological polar surface area (TPSA) is 12.5 Å². The Balaban J connectivity index is 2.40. The molecular weight excluding hydrogens is 218 g/mol. The fraction of sp³-hybridized carbons (Fsp3) is 0.538. The third-order valence-electron chi connectivity index (χ3n) is 2.94. The van der Waals surface area contributed by atoms with Gasteiger partial charge in [-0.1, -0.05) is 11.8 Å². The van der Waals surface area contributed by atoms with Gasteiger partial charge in [0.1, 0.15) is 5.75 Å². The van der Waals surface area contributed by atoms with Crippen LogP contribution in [0.2, 0.25) is 0 Å². The number of ether oxygens (including phenoxy) is 1. The molecule has 88 valence electrons. The van der Waals surface area contributed by atoms with Crippen molar-refractivity contribution in [1.82, 2.24) is 0 Å². The van der Waals surface area contributed by atoms with Crippen LogP contribution in [0.4, 0.5) is 5.69 Å². The van der Waals surface area contributed by atoms with E-state index in [1.165, 1.54) is 16.1 Å². The van der Waals surface area contributed by atoms with E-state index in [1.807, 2.05) is 18.7 Å². The molecule has 1 unspecified atom stereocenters. The number of anilines is 1. The molecule has 16 heavy (non-hydrogen) atoms. The van der Waals surface area contributed by atoms with E-state index >= 15 is 0 Å². The summed E-state index contributed by atoms with van der Waals surface area (Å²) in [4.78, 5) is 3.80. The summed E-state index contributed by atoms with van der Waals surface area (Å²) in [5.74, 6) is 1.02. The summed E-state index contributed by atoms with van der Waals surface area (Å²) >= 11 is 1.94. The third kappa shape index (κ3) is 1.88. The van der Waals surface area contributed by atoms with Crippen LogP contribution < -0.4 is 9.64 Å². The molecule has 0 amide bonds. The molecular formula is C13H19NOS. The summed E-state index contributed by atoms with van der Waals surface area (Å²) in [6, 6.07) is 4.44. The SMILES string of the molecule is CCOc1cc2c(cc1C)SC(C)N2CC. The molecule has 2 rings (SSSR count). The van der Waals surface area contributed by atoms with Crippen molar-refractivity contribution < 1.29 is 4.74 Å². The van der Waals surface area contributed by atoms with E-state index in [0.717, 1.165) is 18.9 Å². The van der Waals surface area contributed by atoms with E-state index in [-0.39, 0.29) is 0 Å². The molecule has 0 saturated carbocycles. The van der Waals surface area contributed by atoms with Crippen LogP contribution in [0.25, 0.3) is 0 Å². The zero-order chi connectivity index (χ0) is 11.7. The van der Waals surface area contributed by atoms with E-state index in [4.69, 9.17) is 4.74 Å². The minimum atomic E-state index is 0.538. The van der Waals surface area contributed by atoms with Gasteiger partial charge in [0.15, 0.2) is 0 Å². The molecule has 3 heteroatoms. The first kappa shape index (κ1) is 11.6. The molecule has 0 spiro atoms. The van der Waals surface area contributed by atoms with Gasteiger partial charge in [0, 0.05) is 17.5 Å². The molecule has 1 aromatic rings. The van der Waals surface area contributed by atoms with Gasteiger partial charge in [-0.15, -0.1) is 0 Å². The minimum absolute atomic E-state index is 0.538. The van der Waals surface area contributed by atoms with E-state index in [0.29, 0.717) is 5.37 Å². The summed E-state index contributed by atoms with van der Waals surface area (Å²) in [6.07, 6.45) is 0. The summed E-state index contributed by atoms with van der Waals surface area (Å²) in [6.45, 7) is 10.4. The molecule has 0 radical (unpaired) electrons. The van der Waals surface area contributed by atoms with Crippen LogP contribution in [0.15, 0.2) is 17.0 Å². The van der Waals surface area contributed by atoms with Crippen LogP contribution in [-0.4, -0.2) is 18.5 Å². The molecule has 0 N–H and O–H groups in total. The van der Waals surface area contributed by atoms with Gasteiger partial charge in [-0.05, 0) is 39.3 Å². The number of nitrogens with zero attached hydrogens (tertiary/aromatic N) is 1. The summed E-state index contributed by atoms with van der Waals surface area (Å²) in [7, 11) is 0. The second-order valence-electron chi connectivity index (χ2n) is 4.02. The van der Waals surface area contributed by atoms with Crippen molar-refractivity contribution >= 4 is 17.4 Å². The minimum Gasteiger partial charge on any atom is -0.494 e. The highest BCUT2D eigenvalue weighted by molar-refractivity contribution is 8.00. The number of rotatable bonds is 3. The predicted molar refractivity (Wildman–Crippen MR) is 70.7 cm³/mol. The predicted octanol–water partition coefficient (Wildman–Crippen LogP) is 3.67. The Hall–Kier alpha value is -0.830. The number of benzene rings is 1. The van der Waals surface area contributed by atoms with Crippen molar-refractivity contribution in [2.45, 2.75) is 38.0 Å². The van der Waals surface area contributed by atoms with Gasteiger partial charge in [0.05, 0.1) is 17.7 Å². The molecule has 0 bridgehead atoms. The lowest BCUT2D eigenvalue weighted by Gasteiger charge is -2.22. The van der Waals surface area contributed by atoms with E-state index in [1.54, 1.807) is 0 Å². The van der Waals surface area contributed by atoms with Crippen molar-refractivity contribution in [1.29, 1.82) is 0 Å². The fourth-order valence-corrected chi connectivity index (χ4v) is 3.45. The maximum absolute atomic E-state index is 5.65. The van der Waals surface area contributed by atoms with Crippen LogP contribution in [0.3, 0.4) is 0 Å². The van der Waals surface area contributed by atoms with Gasteiger partial charge in [-0.2, -0.15) is 0 Å². The first-order valence-corrected chi connectivity index (χ1v) is 6.76. The molecule has 0 fully saturated rings. The van der Waals surface area contributed by atoms with Crippen molar-refractivity contribution in [3.8, 4) is 5.75 Å². The Morgan fingerprint density at radius 1 is 1.38 bits per heavy atom. The standard InChI is InChI=1S/C13H19NOS/c1-5-14-10(4)16-13-7-9(3)12(15-6-2)8-11(13)14/h7-8,10H,5-6H2,1-4H3. The monoisotopic (exact) mass is 237 g/mol. The Morgan fingerprint density at radius 2 is 2.12 bits per heavy atom. The zero-order valence-corrected chi connectivity index (χ0v) is 11.2. The number of fused-ring (bicyclic) bond motifs is 1. The molecule has 0 aromatic heterocycles. The van der Waals surface area contributed by atoms with Gasteiger partial charge in [-0.25, -0.2) is 0 Å². The highest BCUT2D eigenvalue weighted by Gasteiger charge is 2.26.